The molecule has 26 heavy (non-hydrogen) atoms. The van der Waals surface area contributed by atoms with Gasteiger partial charge in [-0.05, 0) is 43.5 Å². The van der Waals surface area contributed by atoms with E-state index in [1.165, 1.54) is 10.5 Å². The molecule has 1 unspecified atom stereocenters. The minimum atomic E-state index is -0.577. The van der Waals surface area contributed by atoms with Crippen LogP contribution in [0.4, 0.5) is 0 Å². The normalized spacial score (nSPS) is 31.1. The number of carbonyl (C=O) groups is 1. The molecule has 1 aromatic rings. The van der Waals surface area contributed by atoms with Crippen molar-refractivity contribution in [3.05, 3.63) is 29.8 Å². The number of likely N-dealkylation sites (tertiary alicyclic amines) is 1. The number of nitrogens with one attached hydrogen (secondary N) is 2. The Morgan fingerprint density at radius 2 is 2.08 bits per heavy atom. The third-order valence-electron chi connectivity index (χ3n) is 6.22. The number of aliphatic hydroxyl groups is 1. The van der Waals surface area contributed by atoms with Crippen LogP contribution in [0.1, 0.15) is 57.1 Å². The molecule has 4 atom stereocenters. The van der Waals surface area contributed by atoms with Crippen molar-refractivity contribution in [3.63, 3.8) is 0 Å². The maximum absolute atomic E-state index is 12.4. The molecule has 1 amide bonds. The molecule has 0 radical (unpaired) electrons. The second-order valence-electron chi connectivity index (χ2n) is 7.89. The monoisotopic (exact) mass is 361 g/mol. The number of hydrogen-bond donors (Lipinski definition) is 3. The van der Waals surface area contributed by atoms with Gasteiger partial charge in [-0.2, -0.15) is 0 Å². The van der Waals surface area contributed by atoms with E-state index >= 15 is 0 Å². The van der Waals surface area contributed by atoms with Crippen LogP contribution < -0.4 is 15.0 Å². The standard InChI is InChI=1S/C21H32N2O3/c1-3-13-22-19(24)15-23-14-12-21(25)11-5-4-6-18(21)20(23)16-7-9-17(26-2)10-8-16/h7-10,18,20,25H,3-6,11-15H2,1-2H3,(H,22,24)/p+1/t18-,20-,21-/m1/s1. The lowest BCUT2D eigenvalue weighted by Gasteiger charge is -2.50. The Labute approximate surface area is 156 Å². The Kier molecular flexibility index (Phi) is 6.20. The van der Waals surface area contributed by atoms with Gasteiger partial charge in [0.15, 0.2) is 6.54 Å². The van der Waals surface area contributed by atoms with E-state index < -0.39 is 5.60 Å². The Hall–Kier alpha value is -1.59. The van der Waals surface area contributed by atoms with Crippen molar-refractivity contribution >= 4 is 5.91 Å². The average molecular weight is 362 g/mol. The molecule has 1 aromatic carbocycles. The Bertz CT molecular complexity index is 604. The van der Waals surface area contributed by atoms with Crippen molar-refractivity contribution in [2.75, 3.05) is 26.7 Å². The maximum Gasteiger partial charge on any atom is 0.275 e. The van der Waals surface area contributed by atoms with Crippen LogP contribution in [0.5, 0.6) is 5.75 Å². The van der Waals surface area contributed by atoms with Crippen LogP contribution in [-0.2, 0) is 4.79 Å². The summed E-state index contributed by atoms with van der Waals surface area (Å²) < 4.78 is 5.30. The van der Waals surface area contributed by atoms with Crippen LogP contribution in [0.25, 0.3) is 0 Å². The molecule has 1 aliphatic carbocycles. The zero-order valence-corrected chi connectivity index (χ0v) is 16.1. The third kappa shape index (κ3) is 4.04. The first-order valence-corrected chi connectivity index (χ1v) is 10.0. The molecule has 0 aromatic heterocycles. The lowest BCUT2D eigenvalue weighted by Crippen LogP contribution is -3.16. The molecule has 3 rings (SSSR count). The number of hydrogen-bond acceptors (Lipinski definition) is 3. The molecule has 3 N–H and O–H groups in total. The minimum absolute atomic E-state index is 0.113. The third-order valence-corrected chi connectivity index (χ3v) is 6.22. The van der Waals surface area contributed by atoms with Gasteiger partial charge in [-0.1, -0.05) is 19.8 Å². The summed E-state index contributed by atoms with van der Waals surface area (Å²) >= 11 is 0. The summed E-state index contributed by atoms with van der Waals surface area (Å²) in [5.41, 5.74) is 0.626. The van der Waals surface area contributed by atoms with Crippen molar-refractivity contribution in [1.82, 2.24) is 5.32 Å². The summed E-state index contributed by atoms with van der Waals surface area (Å²) in [6.45, 7) is 4.11. The second-order valence-corrected chi connectivity index (χ2v) is 7.89. The van der Waals surface area contributed by atoms with Gasteiger partial charge in [-0.3, -0.25) is 4.79 Å². The highest BCUT2D eigenvalue weighted by Crippen LogP contribution is 2.44. The van der Waals surface area contributed by atoms with Gasteiger partial charge < -0.3 is 20.1 Å². The fourth-order valence-electron chi connectivity index (χ4n) is 4.86. The molecular formula is C21H33N2O3+. The van der Waals surface area contributed by atoms with Gasteiger partial charge in [-0.15, -0.1) is 0 Å². The SMILES string of the molecule is CCCNC(=O)C[NH+]1CC[C@]2(O)CCCC[C@@H]2[C@H]1c1ccc(OC)cc1. The fourth-order valence-corrected chi connectivity index (χ4v) is 4.86. The Balaban J connectivity index is 1.85. The maximum atomic E-state index is 12.4. The van der Waals surface area contributed by atoms with E-state index in [1.807, 2.05) is 12.1 Å². The number of carbonyl (C=O) groups excluding carboxylic acids is 1. The molecule has 1 aliphatic heterocycles. The van der Waals surface area contributed by atoms with E-state index in [4.69, 9.17) is 4.74 Å². The zero-order valence-electron chi connectivity index (χ0n) is 16.1. The van der Waals surface area contributed by atoms with E-state index in [-0.39, 0.29) is 17.9 Å². The summed E-state index contributed by atoms with van der Waals surface area (Å²) in [5.74, 6) is 1.17. The van der Waals surface area contributed by atoms with Crippen LogP contribution in [0, 0.1) is 5.92 Å². The number of ether oxygens (including phenoxy) is 1. The first kappa shape index (κ1) is 19.2. The summed E-state index contributed by atoms with van der Waals surface area (Å²) in [7, 11) is 1.67. The van der Waals surface area contributed by atoms with E-state index in [2.05, 4.69) is 24.4 Å². The van der Waals surface area contributed by atoms with Gasteiger partial charge in [0.2, 0.25) is 0 Å². The molecular weight excluding hydrogens is 328 g/mol. The van der Waals surface area contributed by atoms with Crippen molar-refractivity contribution in [2.24, 2.45) is 5.92 Å². The number of amides is 1. The second kappa shape index (κ2) is 8.40. The number of methoxy groups -OCH3 is 1. The first-order chi connectivity index (χ1) is 12.6. The molecule has 5 nitrogen and oxygen atoms in total. The summed E-state index contributed by atoms with van der Waals surface area (Å²) in [5, 5.41) is 14.3. The van der Waals surface area contributed by atoms with E-state index in [9.17, 15) is 9.90 Å². The highest BCUT2D eigenvalue weighted by molar-refractivity contribution is 5.76. The lowest BCUT2D eigenvalue weighted by molar-refractivity contribution is -0.937. The molecule has 2 fully saturated rings. The van der Waals surface area contributed by atoms with Gasteiger partial charge in [0, 0.05) is 24.4 Å². The van der Waals surface area contributed by atoms with Gasteiger partial charge in [0.25, 0.3) is 5.91 Å². The molecule has 2 aliphatic rings. The molecule has 0 spiro atoms. The van der Waals surface area contributed by atoms with Crippen molar-refractivity contribution in [2.45, 2.75) is 57.1 Å². The Morgan fingerprint density at radius 1 is 1.31 bits per heavy atom. The smallest absolute Gasteiger partial charge is 0.275 e. The van der Waals surface area contributed by atoms with Crippen molar-refractivity contribution in [3.8, 4) is 5.75 Å². The quantitative estimate of drug-likeness (QED) is 0.719. The van der Waals surface area contributed by atoms with Gasteiger partial charge >= 0.3 is 0 Å². The molecule has 1 heterocycles. The highest BCUT2D eigenvalue weighted by Gasteiger charge is 2.51. The number of benzene rings is 1. The van der Waals surface area contributed by atoms with Crippen LogP contribution in [-0.4, -0.2) is 43.4 Å². The van der Waals surface area contributed by atoms with E-state index in [0.29, 0.717) is 6.54 Å². The van der Waals surface area contributed by atoms with Gasteiger partial charge in [0.05, 0.1) is 19.3 Å². The fraction of sp³-hybridized carbons (Fsp3) is 0.667. The summed E-state index contributed by atoms with van der Waals surface area (Å²) in [6.07, 6.45) is 5.93. The van der Waals surface area contributed by atoms with E-state index in [1.54, 1.807) is 7.11 Å². The number of rotatable bonds is 6. The van der Waals surface area contributed by atoms with Crippen LogP contribution >= 0.6 is 0 Å². The zero-order chi connectivity index (χ0) is 18.6. The van der Waals surface area contributed by atoms with Crippen molar-refractivity contribution < 1.29 is 19.5 Å². The van der Waals surface area contributed by atoms with Crippen molar-refractivity contribution in [1.29, 1.82) is 0 Å². The molecule has 5 heteroatoms. The van der Waals surface area contributed by atoms with Gasteiger partial charge in [0.1, 0.15) is 11.8 Å². The summed E-state index contributed by atoms with van der Waals surface area (Å²) in [4.78, 5) is 13.7. The highest BCUT2D eigenvalue weighted by atomic mass is 16.5. The predicted octanol–water partition coefficient (Wildman–Crippen LogP) is 1.47. The number of fused-ring (bicyclic) bond motifs is 1. The Morgan fingerprint density at radius 3 is 2.77 bits per heavy atom. The number of quaternary nitrogens is 1. The molecule has 1 saturated carbocycles. The average Bonchev–Trinajstić information content (AvgIpc) is 2.66. The number of piperidine rings is 1. The van der Waals surface area contributed by atoms with Crippen LogP contribution in [0.3, 0.4) is 0 Å². The van der Waals surface area contributed by atoms with Crippen LogP contribution in [0.2, 0.25) is 0 Å². The lowest BCUT2D eigenvalue weighted by atomic mass is 9.66. The molecule has 1 saturated heterocycles. The predicted molar refractivity (Wildman–Crippen MR) is 101 cm³/mol. The first-order valence-electron chi connectivity index (χ1n) is 10.0. The molecule has 144 valence electrons. The minimum Gasteiger partial charge on any atom is -0.497 e. The van der Waals surface area contributed by atoms with Crippen LogP contribution in [0.15, 0.2) is 24.3 Å². The molecule has 0 bridgehead atoms. The summed E-state index contributed by atoms with van der Waals surface area (Å²) in [6, 6.07) is 8.34. The largest absolute Gasteiger partial charge is 0.497 e. The van der Waals surface area contributed by atoms with E-state index in [0.717, 1.165) is 57.4 Å². The topological polar surface area (TPSA) is 63.0 Å². The van der Waals surface area contributed by atoms with Gasteiger partial charge in [-0.25, -0.2) is 0 Å².